The highest BCUT2D eigenvalue weighted by Crippen LogP contribution is 2.18. The summed E-state index contributed by atoms with van der Waals surface area (Å²) in [5.41, 5.74) is 3.81. The van der Waals surface area contributed by atoms with Gasteiger partial charge < -0.3 is 15.1 Å². The molecule has 1 aromatic carbocycles. The number of aryl methyl sites for hydroxylation is 3. The molecule has 9 heteroatoms. The second-order valence-corrected chi connectivity index (χ2v) is 6.83. The van der Waals surface area contributed by atoms with E-state index in [0.717, 1.165) is 42.4 Å². The van der Waals surface area contributed by atoms with Crippen LogP contribution in [0.25, 0.3) is 11.5 Å². The van der Waals surface area contributed by atoms with Crippen LogP contribution in [0.1, 0.15) is 23.5 Å². The van der Waals surface area contributed by atoms with Crippen LogP contribution in [-0.4, -0.2) is 40.9 Å². The fourth-order valence-electron chi connectivity index (χ4n) is 3.01. The lowest BCUT2D eigenvalue weighted by atomic mass is 10.2. The van der Waals surface area contributed by atoms with Crippen molar-refractivity contribution in [3.8, 4) is 11.5 Å². The van der Waals surface area contributed by atoms with E-state index in [0.29, 0.717) is 18.9 Å². The third-order valence-corrected chi connectivity index (χ3v) is 4.48. The van der Waals surface area contributed by atoms with Crippen LogP contribution in [0.5, 0.6) is 0 Å². The van der Waals surface area contributed by atoms with Crippen molar-refractivity contribution < 1.29 is 8.81 Å². The molecule has 2 heterocycles. The van der Waals surface area contributed by atoms with E-state index in [2.05, 4.69) is 38.7 Å². The average Bonchev–Trinajstić information content (AvgIpc) is 3.30. The van der Waals surface area contributed by atoms with Gasteiger partial charge in [-0.1, -0.05) is 0 Å². The molecule has 7 nitrogen and oxygen atoms in total. The Morgan fingerprint density at radius 1 is 1.17 bits per heavy atom. The average molecular weight is 526 g/mol. The minimum Gasteiger partial charge on any atom is -0.444 e. The molecule has 0 fully saturated rings. The summed E-state index contributed by atoms with van der Waals surface area (Å²) in [5, 5.41) is 11.0. The van der Waals surface area contributed by atoms with Crippen LogP contribution in [0.15, 0.2) is 46.0 Å². The summed E-state index contributed by atoms with van der Waals surface area (Å²) in [7, 11) is 1.75. The van der Waals surface area contributed by atoms with E-state index in [9.17, 15) is 4.39 Å². The molecule has 0 spiro atoms. The number of aromatic nitrogens is 3. The first kappa shape index (κ1) is 23.8. The summed E-state index contributed by atoms with van der Waals surface area (Å²) < 4.78 is 20.5. The second-order valence-electron chi connectivity index (χ2n) is 6.83. The SMILES string of the molecule is CN=C(NCCCn1nc(C)cc1C)NCCc1coc(-c2ccc(F)cc2)n1.I. The molecular formula is C21H28FIN6O. The van der Waals surface area contributed by atoms with E-state index in [4.69, 9.17) is 4.42 Å². The molecule has 0 atom stereocenters. The highest BCUT2D eigenvalue weighted by atomic mass is 127. The molecule has 0 unspecified atom stereocenters. The van der Waals surface area contributed by atoms with Gasteiger partial charge in [-0.15, -0.1) is 24.0 Å². The maximum absolute atomic E-state index is 13.0. The lowest BCUT2D eigenvalue weighted by Gasteiger charge is -2.11. The van der Waals surface area contributed by atoms with Gasteiger partial charge in [0.25, 0.3) is 0 Å². The Hall–Kier alpha value is -2.43. The summed E-state index contributed by atoms with van der Waals surface area (Å²) in [4.78, 5) is 8.69. The number of benzene rings is 1. The Bertz CT molecular complexity index is 951. The molecule has 0 amide bonds. The summed E-state index contributed by atoms with van der Waals surface area (Å²) >= 11 is 0. The van der Waals surface area contributed by atoms with Crippen LogP contribution in [0.4, 0.5) is 4.39 Å². The summed E-state index contributed by atoms with van der Waals surface area (Å²) in [6, 6.07) is 8.18. The molecule has 2 N–H and O–H groups in total. The van der Waals surface area contributed by atoms with Gasteiger partial charge in [-0.05, 0) is 50.6 Å². The predicted octanol–water partition coefficient (Wildman–Crippen LogP) is 3.71. The molecule has 0 aliphatic carbocycles. The number of guanidine groups is 1. The van der Waals surface area contributed by atoms with Gasteiger partial charge in [0, 0.05) is 44.4 Å². The molecular weight excluding hydrogens is 498 g/mol. The number of nitrogens with one attached hydrogen (secondary N) is 2. The number of nitrogens with zero attached hydrogens (tertiary/aromatic N) is 4. The van der Waals surface area contributed by atoms with Crippen molar-refractivity contribution in [3.05, 3.63) is 59.5 Å². The van der Waals surface area contributed by atoms with Gasteiger partial charge in [-0.2, -0.15) is 5.10 Å². The second kappa shape index (κ2) is 11.7. The monoisotopic (exact) mass is 526 g/mol. The topological polar surface area (TPSA) is 80.3 Å². The zero-order chi connectivity index (χ0) is 20.6. The quantitative estimate of drug-likeness (QED) is 0.203. The minimum absolute atomic E-state index is 0. The number of hydrogen-bond acceptors (Lipinski definition) is 4. The van der Waals surface area contributed by atoms with Crippen LogP contribution in [0, 0.1) is 19.7 Å². The molecule has 2 aromatic heterocycles. The lowest BCUT2D eigenvalue weighted by molar-refractivity contribution is 0.555. The first-order valence-electron chi connectivity index (χ1n) is 9.71. The number of hydrogen-bond donors (Lipinski definition) is 2. The predicted molar refractivity (Wildman–Crippen MR) is 127 cm³/mol. The third kappa shape index (κ3) is 6.82. The lowest BCUT2D eigenvalue weighted by Crippen LogP contribution is -2.39. The van der Waals surface area contributed by atoms with Crippen molar-refractivity contribution in [1.29, 1.82) is 0 Å². The van der Waals surface area contributed by atoms with Gasteiger partial charge >= 0.3 is 0 Å². The number of aliphatic imine (C=N–C) groups is 1. The Morgan fingerprint density at radius 2 is 1.90 bits per heavy atom. The Labute approximate surface area is 193 Å². The first-order chi connectivity index (χ1) is 14.0. The molecule has 0 saturated heterocycles. The van der Waals surface area contributed by atoms with Crippen LogP contribution < -0.4 is 10.6 Å². The Balaban J connectivity index is 0.00000320. The van der Waals surface area contributed by atoms with Crippen molar-refractivity contribution >= 4 is 29.9 Å². The number of oxazole rings is 1. The van der Waals surface area contributed by atoms with Crippen LogP contribution >= 0.6 is 24.0 Å². The molecule has 0 saturated carbocycles. The van der Waals surface area contributed by atoms with Crippen molar-refractivity contribution in [2.75, 3.05) is 20.1 Å². The van der Waals surface area contributed by atoms with Gasteiger partial charge in [0.05, 0.1) is 11.4 Å². The van der Waals surface area contributed by atoms with Gasteiger partial charge in [-0.3, -0.25) is 9.67 Å². The van der Waals surface area contributed by atoms with E-state index in [1.807, 2.05) is 11.6 Å². The summed E-state index contributed by atoms with van der Waals surface area (Å²) in [6.45, 7) is 6.42. The highest BCUT2D eigenvalue weighted by Gasteiger charge is 2.07. The molecule has 3 rings (SSSR count). The Morgan fingerprint density at radius 3 is 2.57 bits per heavy atom. The van der Waals surface area contributed by atoms with Crippen LogP contribution in [-0.2, 0) is 13.0 Å². The fraction of sp³-hybridized carbons (Fsp3) is 0.381. The van der Waals surface area contributed by atoms with E-state index in [1.54, 1.807) is 25.4 Å². The van der Waals surface area contributed by atoms with E-state index in [-0.39, 0.29) is 29.8 Å². The molecule has 0 bridgehead atoms. The molecule has 0 radical (unpaired) electrons. The molecule has 0 aliphatic rings. The number of halogens is 2. The molecule has 30 heavy (non-hydrogen) atoms. The molecule has 3 aromatic rings. The largest absolute Gasteiger partial charge is 0.444 e. The van der Waals surface area contributed by atoms with Gasteiger partial charge in [-0.25, -0.2) is 9.37 Å². The summed E-state index contributed by atoms with van der Waals surface area (Å²) in [6.07, 6.45) is 3.27. The third-order valence-electron chi connectivity index (χ3n) is 4.48. The van der Waals surface area contributed by atoms with Crippen molar-refractivity contribution in [2.24, 2.45) is 4.99 Å². The highest BCUT2D eigenvalue weighted by molar-refractivity contribution is 14.0. The van der Waals surface area contributed by atoms with Crippen molar-refractivity contribution in [1.82, 2.24) is 25.4 Å². The maximum atomic E-state index is 13.0. The van der Waals surface area contributed by atoms with Gasteiger partial charge in [0.2, 0.25) is 5.89 Å². The van der Waals surface area contributed by atoms with E-state index >= 15 is 0 Å². The van der Waals surface area contributed by atoms with E-state index in [1.165, 1.54) is 17.8 Å². The normalized spacial score (nSPS) is 11.3. The fourth-order valence-corrected chi connectivity index (χ4v) is 3.01. The Kier molecular flexibility index (Phi) is 9.28. The van der Waals surface area contributed by atoms with Gasteiger partial charge in [0.1, 0.15) is 12.1 Å². The van der Waals surface area contributed by atoms with Crippen LogP contribution in [0.3, 0.4) is 0 Å². The number of rotatable bonds is 8. The van der Waals surface area contributed by atoms with E-state index < -0.39 is 0 Å². The first-order valence-corrected chi connectivity index (χ1v) is 9.71. The standard InChI is InChI=1S/C21H27FN6O.HI/c1-15-13-16(2)28(27-15)12-4-10-24-21(23-3)25-11-9-19-14-29-20(26-19)17-5-7-18(22)8-6-17;/h5-8,13-14H,4,9-12H2,1-3H3,(H2,23,24,25);1H. The van der Waals surface area contributed by atoms with Crippen molar-refractivity contribution in [3.63, 3.8) is 0 Å². The summed E-state index contributed by atoms with van der Waals surface area (Å²) in [5.74, 6) is 0.964. The van der Waals surface area contributed by atoms with Crippen LogP contribution in [0.2, 0.25) is 0 Å². The zero-order valence-corrected chi connectivity index (χ0v) is 19.8. The molecule has 162 valence electrons. The molecule has 0 aliphatic heterocycles. The van der Waals surface area contributed by atoms with Gasteiger partial charge in [0.15, 0.2) is 5.96 Å². The smallest absolute Gasteiger partial charge is 0.226 e. The maximum Gasteiger partial charge on any atom is 0.226 e. The van der Waals surface area contributed by atoms with Crippen molar-refractivity contribution in [2.45, 2.75) is 33.2 Å². The zero-order valence-electron chi connectivity index (χ0n) is 17.5. The minimum atomic E-state index is -0.279.